The van der Waals surface area contributed by atoms with Gasteiger partial charge in [-0.25, -0.2) is 0 Å². The highest BCUT2D eigenvalue weighted by Crippen LogP contribution is 2.18. The number of carbonyl (C=O) groups excluding carboxylic acids is 3. The van der Waals surface area contributed by atoms with Gasteiger partial charge in [0.2, 0.25) is 0 Å². The van der Waals surface area contributed by atoms with Gasteiger partial charge in [-0.05, 0) is 31.1 Å². The SMILES string of the molecule is CCCCCCCCCCCCCCC(=O)OC[C@H](COC(=O)CCCCCCCCCCCCC(C)CC)OC(=O)CCCCCCCCCCCCC(C)CC. The summed E-state index contributed by atoms with van der Waals surface area (Å²) in [5, 5.41) is 0. The Hall–Kier alpha value is -1.59. The van der Waals surface area contributed by atoms with Crippen molar-refractivity contribution >= 4 is 17.9 Å². The Bertz CT molecular complexity index is 889. The summed E-state index contributed by atoms with van der Waals surface area (Å²) in [6.45, 7) is 11.4. The smallest absolute Gasteiger partial charge is 0.306 e. The molecule has 0 fully saturated rings. The van der Waals surface area contributed by atoms with E-state index in [-0.39, 0.29) is 31.1 Å². The van der Waals surface area contributed by atoms with Gasteiger partial charge in [0.25, 0.3) is 0 Å². The molecule has 0 saturated heterocycles. The molecule has 0 amide bonds. The van der Waals surface area contributed by atoms with Crippen molar-refractivity contribution in [2.24, 2.45) is 11.8 Å². The Morgan fingerprint density at radius 1 is 0.345 bits per heavy atom. The van der Waals surface area contributed by atoms with Crippen molar-refractivity contribution < 1.29 is 28.6 Å². The molecule has 0 aliphatic rings. The molecule has 2 unspecified atom stereocenters. The van der Waals surface area contributed by atoms with E-state index in [0.717, 1.165) is 69.6 Å². The molecule has 0 aliphatic carbocycles. The second kappa shape index (κ2) is 44.9. The minimum Gasteiger partial charge on any atom is -0.462 e. The fourth-order valence-corrected chi connectivity index (χ4v) is 7.75. The number of rotatable bonds is 46. The van der Waals surface area contributed by atoms with Crippen LogP contribution < -0.4 is 0 Å². The van der Waals surface area contributed by atoms with Crippen LogP contribution >= 0.6 is 0 Å². The van der Waals surface area contributed by atoms with Crippen LogP contribution in [0.25, 0.3) is 0 Å². The Kier molecular flexibility index (Phi) is 43.7. The van der Waals surface area contributed by atoms with Gasteiger partial charge in [-0.3, -0.25) is 14.4 Å². The average Bonchev–Trinajstić information content (AvgIpc) is 3.22. The van der Waals surface area contributed by atoms with E-state index in [9.17, 15) is 14.4 Å². The minimum absolute atomic E-state index is 0.0639. The first-order chi connectivity index (χ1) is 28.3. The van der Waals surface area contributed by atoms with Crippen LogP contribution in [0.3, 0.4) is 0 Å². The zero-order chi connectivity index (χ0) is 42.6. The molecule has 0 spiro atoms. The maximum atomic E-state index is 12.8. The van der Waals surface area contributed by atoms with Crippen molar-refractivity contribution in [1.82, 2.24) is 0 Å². The standard InChI is InChI=1S/C52H100O6/c1-6-9-10-11-12-13-14-15-22-27-32-37-42-50(53)56-45-49(58-52(55)44-39-34-29-24-19-17-21-26-31-36-41-48(5)8-3)46-57-51(54)43-38-33-28-23-18-16-20-25-30-35-40-47(4)7-2/h47-49H,6-46H2,1-5H3/t47?,48?,49-/m1/s1. The lowest BCUT2D eigenvalue weighted by atomic mass is 9.99. The van der Waals surface area contributed by atoms with Crippen LogP contribution in [0, 0.1) is 11.8 Å². The molecule has 0 rings (SSSR count). The van der Waals surface area contributed by atoms with E-state index in [1.54, 1.807) is 0 Å². The van der Waals surface area contributed by atoms with Crippen molar-refractivity contribution in [2.45, 2.75) is 291 Å². The molecule has 3 atom stereocenters. The van der Waals surface area contributed by atoms with E-state index in [2.05, 4.69) is 34.6 Å². The van der Waals surface area contributed by atoms with Crippen LogP contribution in [0.15, 0.2) is 0 Å². The van der Waals surface area contributed by atoms with Gasteiger partial charge in [0.1, 0.15) is 13.2 Å². The maximum absolute atomic E-state index is 12.8. The van der Waals surface area contributed by atoms with Crippen LogP contribution in [-0.4, -0.2) is 37.2 Å². The fourth-order valence-electron chi connectivity index (χ4n) is 7.75. The highest BCUT2D eigenvalue weighted by atomic mass is 16.6. The van der Waals surface area contributed by atoms with Gasteiger partial charge in [0, 0.05) is 19.3 Å². The Morgan fingerprint density at radius 2 is 0.603 bits per heavy atom. The molecule has 0 bridgehead atoms. The molecule has 344 valence electrons. The summed E-state index contributed by atoms with van der Waals surface area (Å²) in [5.41, 5.74) is 0. The van der Waals surface area contributed by atoms with E-state index in [1.807, 2.05) is 0 Å². The van der Waals surface area contributed by atoms with E-state index in [0.29, 0.717) is 19.3 Å². The van der Waals surface area contributed by atoms with Crippen LogP contribution in [-0.2, 0) is 28.6 Å². The monoisotopic (exact) mass is 821 g/mol. The minimum atomic E-state index is -0.761. The van der Waals surface area contributed by atoms with Crippen LogP contribution in [0.2, 0.25) is 0 Å². The highest BCUT2D eigenvalue weighted by Gasteiger charge is 2.19. The predicted octanol–water partition coefficient (Wildman–Crippen LogP) is 16.5. The summed E-state index contributed by atoms with van der Waals surface area (Å²) in [4.78, 5) is 37.9. The summed E-state index contributed by atoms with van der Waals surface area (Å²) in [6, 6.07) is 0. The zero-order valence-corrected chi connectivity index (χ0v) is 39.7. The topological polar surface area (TPSA) is 78.9 Å². The number of ether oxygens (including phenoxy) is 3. The van der Waals surface area contributed by atoms with Crippen molar-refractivity contribution in [3.8, 4) is 0 Å². The fraction of sp³-hybridized carbons (Fsp3) is 0.942. The van der Waals surface area contributed by atoms with Gasteiger partial charge in [-0.2, -0.15) is 0 Å². The second-order valence-electron chi connectivity index (χ2n) is 18.3. The lowest BCUT2D eigenvalue weighted by Gasteiger charge is -2.18. The maximum Gasteiger partial charge on any atom is 0.306 e. The van der Waals surface area contributed by atoms with E-state index >= 15 is 0 Å². The number of esters is 3. The first-order valence-electron chi connectivity index (χ1n) is 25.8. The summed E-state index contributed by atoms with van der Waals surface area (Å²) in [5.74, 6) is 0.888. The van der Waals surface area contributed by atoms with E-state index in [1.165, 1.54) is 173 Å². The molecule has 0 radical (unpaired) electrons. The first-order valence-corrected chi connectivity index (χ1v) is 25.8. The quantitative estimate of drug-likeness (QED) is 0.0346. The Balaban J connectivity index is 4.34. The number of carbonyl (C=O) groups is 3. The molecule has 6 nitrogen and oxygen atoms in total. The van der Waals surface area contributed by atoms with Crippen molar-refractivity contribution in [1.29, 1.82) is 0 Å². The summed E-state index contributed by atoms with van der Waals surface area (Å²) in [7, 11) is 0. The van der Waals surface area contributed by atoms with Gasteiger partial charge in [0.05, 0.1) is 0 Å². The third-order valence-corrected chi connectivity index (χ3v) is 12.4. The lowest BCUT2D eigenvalue weighted by Crippen LogP contribution is -2.30. The molecule has 0 aliphatic heterocycles. The second-order valence-corrected chi connectivity index (χ2v) is 18.3. The molecular weight excluding hydrogens is 721 g/mol. The molecule has 0 saturated carbocycles. The lowest BCUT2D eigenvalue weighted by molar-refractivity contribution is -0.167. The number of hydrogen-bond acceptors (Lipinski definition) is 6. The molecule has 0 heterocycles. The van der Waals surface area contributed by atoms with E-state index in [4.69, 9.17) is 14.2 Å². The summed E-state index contributed by atoms with van der Waals surface area (Å²) >= 11 is 0. The molecule has 0 aromatic heterocycles. The Morgan fingerprint density at radius 3 is 0.897 bits per heavy atom. The Labute approximate surface area is 361 Å². The van der Waals surface area contributed by atoms with E-state index < -0.39 is 6.10 Å². The van der Waals surface area contributed by atoms with Crippen LogP contribution in [0.5, 0.6) is 0 Å². The van der Waals surface area contributed by atoms with Crippen molar-refractivity contribution in [3.63, 3.8) is 0 Å². The van der Waals surface area contributed by atoms with Gasteiger partial charge < -0.3 is 14.2 Å². The highest BCUT2D eigenvalue weighted by molar-refractivity contribution is 5.71. The molecule has 0 N–H and O–H groups in total. The van der Waals surface area contributed by atoms with Crippen molar-refractivity contribution in [2.75, 3.05) is 13.2 Å². The number of hydrogen-bond donors (Lipinski definition) is 0. The van der Waals surface area contributed by atoms with Crippen LogP contribution in [0.1, 0.15) is 285 Å². The van der Waals surface area contributed by atoms with Gasteiger partial charge >= 0.3 is 17.9 Å². The molecule has 58 heavy (non-hydrogen) atoms. The number of unbranched alkanes of at least 4 members (excludes halogenated alkanes) is 29. The van der Waals surface area contributed by atoms with Gasteiger partial charge in [0.15, 0.2) is 6.10 Å². The van der Waals surface area contributed by atoms with Crippen LogP contribution in [0.4, 0.5) is 0 Å². The van der Waals surface area contributed by atoms with Crippen molar-refractivity contribution in [3.05, 3.63) is 0 Å². The molecule has 0 aromatic rings. The predicted molar refractivity (Wildman–Crippen MR) is 247 cm³/mol. The van der Waals surface area contributed by atoms with Gasteiger partial charge in [-0.15, -0.1) is 0 Å². The molecule has 6 heteroatoms. The normalized spacial score (nSPS) is 13.0. The zero-order valence-electron chi connectivity index (χ0n) is 39.7. The first kappa shape index (κ1) is 56.4. The average molecular weight is 821 g/mol. The third-order valence-electron chi connectivity index (χ3n) is 12.4. The summed E-state index contributed by atoms with van der Waals surface area (Å²) in [6.07, 6.45) is 45.0. The third kappa shape index (κ3) is 42.5. The molecule has 0 aromatic carbocycles. The molecular formula is C52H100O6. The largest absolute Gasteiger partial charge is 0.462 e. The van der Waals surface area contributed by atoms with Gasteiger partial charge in [-0.1, -0.05) is 247 Å². The summed E-state index contributed by atoms with van der Waals surface area (Å²) < 4.78 is 16.8.